The van der Waals surface area contributed by atoms with E-state index in [2.05, 4.69) is 0 Å². The summed E-state index contributed by atoms with van der Waals surface area (Å²) in [5.74, 6) is 0.298. The molecule has 0 aliphatic rings. The minimum atomic E-state index is -0.256. The molecule has 0 amide bonds. The van der Waals surface area contributed by atoms with Crippen LogP contribution in [0.3, 0.4) is 0 Å². The molecule has 0 bridgehead atoms. The van der Waals surface area contributed by atoms with Gasteiger partial charge in [0.1, 0.15) is 6.29 Å². The molecule has 1 atom stereocenters. The van der Waals surface area contributed by atoms with E-state index >= 15 is 0 Å². The average Bonchev–Trinajstić information content (AvgIpc) is 2.28. The topological polar surface area (TPSA) is 55.8 Å². The van der Waals surface area contributed by atoms with E-state index in [0.29, 0.717) is 11.5 Å². The van der Waals surface area contributed by atoms with Gasteiger partial charge in [-0.25, -0.2) is 0 Å². The Bertz CT molecular complexity index is 335. The molecule has 0 spiro atoms. The van der Waals surface area contributed by atoms with Crippen molar-refractivity contribution in [2.24, 2.45) is 0 Å². The van der Waals surface area contributed by atoms with E-state index < -0.39 is 0 Å². The molecule has 0 saturated carbocycles. The van der Waals surface area contributed by atoms with Gasteiger partial charge in [-0.3, -0.25) is 0 Å². The molecule has 0 fully saturated rings. The molecule has 4 nitrogen and oxygen atoms in total. The lowest BCUT2D eigenvalue weighted by Crippen LogP contribution is -1.97. The smallest absolute Gasteiger partial charge is 0.200 e. The summed E-state index contributed by atoms with van der Waals surface area (Å²) in [6, 6.07) is 3.24. The highest BCUT2D eigenvalue weighted by Gasteiger charge is 2.14. The lowest BCUT2D eigenvalue weighted by Gasteiger charge is -2.12. The van der Waals surface area contributed by atoms with Crippen molar-refractivity contribution in [3.05, 3.63) is 17.7 Å². The molecule has 1 unspecified atom stereocenters. The monoisotopic (exact) mass is 210 g/mol. The Morgan fingerprint density at radius 3 is 2.07 bits per heavy atom. The molecule has 1 aromatic rings. The van der Waals surface area contributed by atoms with Gasteiger partial charge in [0.2, 0.25) is 5.75 Å². The molecule has 0 aliphatic heterocycles. The molecule has 0 saturated heterocycles. The second-order valence-corrected chi connectivity index (χ2v) is 3.20. The summed E-state index contributed by atoms with van der Waals surface area (Å²) in [5, 5.41) is 9.63. The minimum absolute atomic E-state index is 0.0538. The maximum absolute atomic E-state index is 10.6. The Morgan fingerprint density at radius 1 is 1.27 bits per heavy atom. The van der Waals surface area contributed by atoms with Gasteiger partial charge in [0.05, 0.1) is 14.2 Å². The van der Waals surface area contributed by atoms with Crippen LogP contribution in [0, 0.1) is 0 Å². The van der Waals surface area contributed by atoms with E-state index in [1.54, 1.807) is 19.1 Å². The van der Waals surface area contributed by atoms with E-state index in [-0.39, 0.29) is 11.7 Å². The van der Waals surface area contributed by atoms with Gasteiger partial charge < -0.3 is 19.4 Å². The highest BCUT2D eigenvalue weighted by Crippen LogP contribution is 2.38. The van der Waals surface area contributed by atoms with Crippen molar-refractivity contribution >= 4 is 6.29 Å². The zero-order chi connectivity index (χ0) is 11.4. The Morgan fingerprint density at radius 2 is 1.73 bits per heavy atom. The standard InChI is InChI=1S/C11H14O4/c1-7(6-12)8-4-9(14-2)11(13)10(5-8)15-3/h4-7,13H,1-3H3. The number of methoxy groups -OCH3 is 2. The highest BCUT2D eigenvalue weighted by molar-refractivity contribution is 5.64. The van der Waals surface area contributed by atoms with Crippen LogP contribution in [0.1, 0.15) is 18.4 Å². The predicted octanol–water partition coefficient (Wildman–Crippen LogP) is 1.71. The second kappa shape index (κ2) is 4.68. The third-order valence-corrected chi connectivity index (χ3v) is 2.23. The summed E-state index contributed by atoms with van der Waals surface area (Å²) in [6.45, 7) is 1.76. The summed E-state index contributed by atoms with van der Waals surface area (Å²) >= 11 is 0. The third kappa shape index (κ3) is 2.21. The number of carbonyl (C=O) groups is 1. The fraction of sp³-hybridized carbons (Fsp3) is 0.364. The maximum atomic E-state index is 10.6. The van der Waals surface area contributed by atoms with Gasteiger partial charge in [0.25, 0.3) is 0 Å². The molecule has 82 valence electrons. The third-order valence-electron chi connectivity index (χ3n) is 2.23. The lowest BCUT2D eigenvalue weighted by atomic mass is 10.0. The zero-order valence-electron chi connectivity index (χ0n) is 8.98. The van der Waals surface area contributed by atoms with E-state index in [9.17, 15) is 9.90 Å². The second-order valence-electron chi connectivity index (χ2n) is 3.20. The normalized spacial score (nSPS) is 11.9. The molecule has 0 aromatic heterocycles. The Hall–Kier alpha value is -1.71. The summed E-state index contributed by atoms with van der Waals surface area (Å²) in [5.41, 5.74) is 0.747. The molecule has 15 heavy (non-hydrogen) atoms. The van der Waals surface area contributed by atoms with Crippen molar-refractivity contribution in [1.82, 2.24) is 0 Å². The largest absolute Gasteiger partial charge is 0.502 e. The van der Waals surface area contributed by atoms with Crippen molar-refractivity contribution in [2.75, 3.05) is 14.2 Å². The van der Waals surface area contributed by atoms with Crippen LogP contribution in [-0.2, 0) is 4.79 Å². The zero-order valence-corrected chi connectivity index (χ0v) is 8.98. The summed E-state index contributed by atoms with van der Waals surface area (Å²) in [7, 11) is 2.90. The van der Waals surface area contributed by atoms with Crippen LogP contribution in [0.25, 0.3) is 0 Å². The Labute approximate surface area is 88.4 Å². The first-order valence-electron chi connectivity index (χ1n) is 4.54. The molecule has 0 aliphatic carbocycles. The average molecular weight is 210 g/mol. The first-order valence-corrected chi connectivity index (χ1v) is 4.54. The Kier molecular flexibility index (Phi) is 3.55. The Balaban J connectivity index is 3.26. The van der Waals surface area contributed by atoms with E-state index in [4.69, 9.17) is 9.47 Å². The number of aldehydes is 1. The van der Waals surface area contributed by atoms with Gasteiger partial charge in [-0.05, 0) is 17.7 Å². The van der Waals surface area contributed by atoms with E-state index in [0.717, 1.165) is 11.8 Å². The number of rotatable bonds is 4. The van der Waals surface area contributed by atoms with Crippen molar-refractivity contribution in [2.45, 2.75) is 12.8 Å². The number of ether oxygens (including phenoxy) is 2. The number of phenols is 1. The molecular weight excluding hydrogens is 196 g/mol. The number of benzene rings is 1. The molecule has 0 heterocycles. The predicted molar refractivity (Wildman–Crippen MR) is 55.7 cm³/mol. The van der Waals surface area contributed by atoms with Crippen LogP contribution < -0.4 is 9.47 Å². The van der Waals surface area contributed by atoms with Gasteiger partial charge in [0, 0.05) is 5.92 Å². The van der Waals surface area contributed by atoms with Gasteiger partial charge in [-0.15, -0.1) is 0 Å². The highest BCUT2D eigenvalue weighted by atomic mass is 16.5. The van der Waals surface area contributed by atoms with Crippen LogP contribution >= 0.6 is 0 Å². The number of hydrogen-bond donors (Lipinski definition) is 1. The fourth-order valence-electron chi connectivity index (χ4n) is 1.26. The molecule has 1 aromatic carbocycles. The SMILES string of the molecule is COc1cc(C(C)C=O)cc(OC)c1O. The molecule has 4 heteroatoms. The van der Waals surface area contributed by atoms with Gasteiger partial charge in [-0.2, -0.15) is 0 Å². The minimum Gasteiger partial charge on any atom is -0.502 e. The first kappa shape index (κ1) is 11.4. The van der Waals surface area contributed by atoms with Crippen molar-refractivity contribution in [3.63, 3.8) is 0 Å². The van der Waals surface area contributed by atoms with Crippen LogP contribution in [0.4, 0.5) is 0 Å². The number of carbonyl (C=O) groups excluding carboxylic acids is 1. The van der Waals surface area contributed by atoms with Crippen LogP contribution in [-0.4, -0.2) is 25.6 Å². The van der Waals surface area contributed by atoms with Crippen LogP contribution in [0.15, 0.2) is 12.1 Å². The van der Waals surface area contributed by atoms with Crippen LogP contribution in [0.2, 0.25) is 0 Å². The number of phenolic OH excluding ortho intramolecular Hbond substituents is 1. The number of aromatic hydroxyl groups is 1. The van der Waals surface area contributed by atoms with Gasteiger partial charge in [0.15, 0.2) is 11.5 Å². The number of hydrogen-bond acceptors (Lipinski definition) is 4. The quantitative estimate of drug-likeness (QED) is 0.768. The fourth-order valence-corrected chi connectivity index (χ4v) is 1.26. The maximum Gasteiger partial charge on any atom is 0.200 e. The van der Waals surface area contributed by atoms with Crippen molar-refractivity contribution in [3.8, 4) is 17.2 Å². The van der Waals surface area contributed by atoms with Gasteiger partial charge >= 0.3 is 0 Å². The van der Waals surface area contributed by atoms with E-state index in [1.165, 1.54) is 14.2 Å². The molecule has 1 rings (SSSR count). The molecule has 1 N–H and O–H groups in total. The summed E-state index contributed by atoms with van der Waals surface area (Å²) in [6.07, 6.45) is 0.825. The summed E-state index contributed by atoms with van der Waals surface area (Å²) in [4.78, 5) is 10.6. The van der Waals surface area contributed by atoms with E-state index in [1.807, 2.05) is 0 Å². The van der Waals surface area contributed by atoms with Crippen molar-refractivity contribution in [1.29, 1.82) is 0 Å². The van der Waals surface area contributed by atoms with Crippen molar-refractivity contribution < 1.29 is 19.4 Å². The summed E-state index contributed by atoms with van der Waals surface area (Å²) < 4.78 is 9.95. The van der Waals surface area contributed by atoms with Crippen LogP contribution in [0.5, 0.6) is 17.2 Å². The molecular formula is C11H14O4. The first-order chi connectivity index (χ1) is 7.13. The lowest BCUT2D eigenvalue weighted by molar-refractivity contribution is -0.108. The molecule has 0 radical (unpaired) electrons. The van der Waals surface area contributed by atoms with Gasteiger partial charge in [-0.1, -0.05) is 6.92 Å².